The molecule has 0 spiro atoms. The third-order valence-corrected chi connectivity index (χ3v) is 8.43. The Morgan fingerprint density at radius 1 is 0.926 bits per heavy atom. The van der Waals surface area contributed by atoms with E-state index in [1.807, 2.05) is 4.90 Å². The molecule has 148 valence electrons. The number of carbonyl (C=O) groups excluding carboxylic acids is 1. The summed E-state index contributed by atoms with van der Waals surface area (Å²) in [6, 6.07) is 4.22. The summed E-state index contributed by atoms with van der Waals surface area (Å²) in [6.45, 7) is 1.85. The van der Waals surface area contributed by atoms with Crippen LogP contribution in [0.3, 0.4) is 0 Å². The molecule has 0 bridgehead atoms. The lowest BCUT2D eigenvalue weighted by molar-refractivity contribution is -0.137. The molecule has 27 heavy (non-hydrogen) atoms. The Labute approximate surface area is 160 Å². The number of amides is 1. The van der Waals surface area contributed by atoms with Gasteiger partial charge in [-0.25, -0.2) is 12.8 Å². The zero-order chi connectivity index (χ0) is 19.0. The van der Waals surface area contributed by atoms with Crippen LogP contribution < -0.4 is 0 Å². The fraction of sp³-hybridized carbons (Fsp3) is 0.650. The smallest absolute Gasteiger partial charge is 0.243 e. The number of rotatable bonds is 3. The standard InChI is InChI=1S/C20H27FN2O3S/c21-17-7-9-18(10-8-17)27(25,26)23-12-3-6-19(23)20(24)22-13-11-15-4-1-2-5-16(15)14-22/h7-10,15-16,19H,1-6,11-14H2/t15-,16+,19-/m0/s1. The van der Waals surface area contributed by atoms with Crippen LogP contribution in [0.25, 0.3) is 0 Å². The molecule has 3 atom stereocenters. The van der Waals surface area contributed by atoms with Crippen LogP contribution in [-0.2, 0) is 14.8 Å². The molecule has 0 radical (unpaired) electrons. The molecule has 7 heteroatoms. The highest BCUT2D eigenvalue weighted by atomic mass is 32.2. The highest BCUT2D eigenvalue weighted by molar-refractivity contribution is 7.89. The van der Waals surface area contributed by atoms with Gasteiger partial charge in [-0.15, -0.1) is 0 Å². The number of sulfonamides is 1. The quantitative estimate of drug-likeness (QED) is 0.792. The minimum absolute atomic E-state index is 0.0505. The normalized spacial score (nSPS) is 29.5. The molecule has 1 aromatic rings. The average molecular weight is 395 g/mol. The molecule has 0 N–H and O–H groups in total. The first-order valence-corrected chi connectivity index (χ1v) is 11.5. The minimum Gasteiger partial charge on any atom is -0.341 e. The van der Waals surface area contributed by atoms with Gasteiger partial charge in [0.2, 0.25) is 15.9 Å². The summed E-state index contributed by atoms with van der Waals surface area (Å²) in [6.07, 6.45) is 7.24. The van der Waals surface area contributed by atoms with Crippen molar-refractivity contribution in [2.24, 2.45) is 11.8 Å². The number of piperidine rings is 1. The van der Waals surface area contributed by atoms with Crippen molar-refractivity contribution in [1.82, 2.24) is 9.21 Å². The Kier molecular flexibility index (Phi) is 5.25. The van der Waals surface area contributed by atoms with E-state index in [1.54, 1.807) is 0 Å². The predicted molar refractivity (Wildman–Crippen MR) is 100.0 cm³/mol. The second-order valence-electron chi connectivity index (χ2n) is 8.11. The van der Waals surface area contributed by atoms with Crippen molar-refractivity contribution in [1.29, 1.82) is 0 Å². The number of benzene rings is 1. The number of nitrogens with zero attached hydrogens (tertiary/aromatic N) is 2. The van der Waals surface area contributed by atoms with Crippen molar-refractivity contribution in [3.8, 4) is 0 Å². The van der Waals surface area contributed by atoms with E-state index in [2.05, 4.69) is 0 Å². The molecule has 5 nitrogen and oxygen atoms in total. The van der Waals surface area contributed by atoms with E-state index in [0.717, 1.165) is 37.6 Å². The number of hydrogen-bond acceptors (Lipinski definition) is 3. The summed E-state index contributed by atoms with van der Waals surface area (Å²) in [5, 5.41) is 0. The first kappa shape index (κ1) is 18.9. The fourth-order valence-corrected chi connectivity index (χ4v) is 6.68. The molecule has 0 aromatic heterocycles. The molecular weight excluding hydrogens is 367 g/mol. The second-order valence-corrected chi connectivity index (χ2v) is 10.00. The topological polar surface area (TPSA) is 57.7 Å². The van der Waals surface area contributed by atoms with Crippen LogP contribution in [0.2, 0.25) is 0 Å². The first-order valence-electron chi connectivity index (χ1n) is 10.0. The highest BCUT2D eigenvalue weighted by Crippen LogP contribution is 2.37. The lowest BCUT2D eigenvalue weighted by Crippen LogP contribution is -2.52. The van der Waals surface area contributed by atoms with Crippen LogP contribution in [-0.4, -0.2) is 49.2 Å². The molecule has 1 amide bonds. The van der Waals surface area contributed by atoms with Crippen molar-refractivity contribution < 1.29 is 17.6 Å². The van der Waals surface area contributed by atoms with E-state index < -0.39 is 21.9 Å². The van der Waals surface area contributed by atoms with Crippen molar-refractivity contribution in [3.63, 3.8) is 0 Å². The highest BCUT2D eigenvalue weighted by Gasteiger charge is 2.43. The van der Waals surface area contributed by atoms with Crippen LogP contribution in [0.4, 0.5) is 4.39 Å². The summed E-state index contributed by atoms with van der Waals surface area (Å²) in [5.41, 5.74) is 0. The van der Waals surface area contributed by atoms with E-state index in [4.69, 9.17) is 0 Å². The lowest BCUT2D eigenvalue weighted by atomic mass is 9.75. The van der Waals surface area contributed by atoms with Gasteiger partial charge in [0.1, 0.15) is 11.9 Å². The maximum Gasteiger partial charge on any atom is 0.243 e. The zero-order valence-electron chi connectivity index (χ0n) is 15.5. The van der Waals surface area contributed by atoms with Gasteiger partial charge in [-0.3, -0.25) is 4.79 Å². The molecule has 1 aromatic carbocycles. The van der Waals surface area contributed by atoms with Gasteiger partial charge in [0, 0.05) is 19.6 Å². The molecular formula is C20H27FN2O3S. The van der Waals surface area contributed by atoms with Crippen molar-refractivity contribution >= 4 is 15.9 Å². The molecule has 0 unspecified atom stereocenters. The van der Waals surface area contributed by atoms with Crippen molar-refractivity contribution in [2.45, 2.75) is 55.9 Å². The molecule has 4 rings (SSSR count). The Hall–Kier alpha value is -1.47. The van der Waals surface area contributed by atoms with E-state index in [0.29, 0.717) is 25.3 Å². The summed E-state index contributed by atoms with van der Waals surface area (Å²) < 4.78 is 40.5. The summed E-state index contributed by atoms with van der Waals surface area (Å²) >= 11 is 0. The Balaban J connectivity index is 1.50. The van der Waals surface area contributed by atoms with Crippen LogP contribution in [0, 0.1) is 17.7 Å². The van der Waals surface area contributed by atoms with E-state index in [9.17, 15) is 17.6 Å². The molecule has 2 aliphatic heterocycles. The Bertz CT molecular complexity index is 796. The molecule has 2 saturated heterocycles. The summed E-state index contributed by atoms with van der Waals surface area (Å²) in [7, 11) is -3.79. The van der Waals surface area contributed by atoms with Gasteiger partial charge in [-0.1, -0.05) is 19.3 Å². The SMILES string of the molecule is O=C([C@@H]1CCCN1S(=O)(=O)c1ccc(F)cc1)N1CC[C@@H]2CCCC[C@@H]2C1. The Morgan fingerprint density at radius 2 is 1.63 bits per heavy atom. The van der Waals surface area contributed by atoms with Gasteiger partial charge in [0.05, 0.1) is 4.90 Å². The predicted octanol–water partition coefficient (Wildman–Crippen LogP) is 3.02. The first-order chi connectivity index (χ1) is 13.0. The van der Waals surface area contributed by atoms with Crippen LogP contribution >= 0.6 is 0 Å². The number of hydrogen-bond donors (Lipinski definition) is 0. The largest absolute Gasteiger partial charge is 0.341 e. The fourth-order valence-electron chi connectivity index (χ4n) is 5.03. The maximum atomic E-state index is 13.2. The van der Waals surface area contributed by atoms with Gasteiger partial charge in [-0.2, -0.15) is 4.31 Å². The van der Waals surface area contributed by atoms with Crippen LogP contribution in [0.1, 0.15) is 44.9 Å². The molecule has 1 aliphatic carbocycles. The van der Waals surface area contributed by atoms with Gasteiger partial charge in [-0.05, 0) is 61.8 Å². The van der Waals surface area contributed by atoms with Gasteiger partial charge in [0.15, 0.2) is 0 Å². The maximum absolute atomic E-state index is 13.2. The molecule has 3 fully saturated rings. The van der Waals surface area contributed by atoms with Gasteiger partial charge < -0.3 is 4.90 Å². The molecule has 3 aliphatic rings. The molecule has 2 heterocycles. The Morgan fingerprint density at radius 3 is 2.37 bits per heavy atom. The zero-order valence-corrected chi connectivity index (χ0v) is 16.3. The van der Waals surface area contributed by atoms with Crippen molar-refractivity contribution in [3.05, 3.63) is 30.1 Å². The monoisotopic (exact) mass is 394 g/mol. The van der Waals surface area contributed by atoms with Gasteiger partial charge in [0.25, 0.3) is 0 Å². The minimum atomic E-state index is -3.79. The number of halogens is 1. The van der Waals surface area contributed by atoms with Crippen LogP contribution in [0.15, 0.2) is 29.2 Å². The number of carbonyl (C=O) groups is 1. The third kappa shape index (κ3) is 3.63. The molecule has 1 saturated carbocycles. The van der Waals surface area contributed by atoms with E-state index in [1.165, 1.54) is 42.1 Å². The summed E-state index contributed by atoms with van der Waals surface area (Å²) in [4.78, 5) is 15.1. The summed E-state index contributed by atoms with van der Waals surface area (Å²) in [5.74, 6) is 0.769. The third-order valence-electron chi connectivity index (χ3n) is 6.51. The number of likely N-dealkylation sites (tertiary alicyclic amines) is 1. The second kappa shape index (κ2) is 7.51. The average Bonchev–Trinajstić information content (AvgIpc) is 3.18. The van der Waals surface area contributed by atoms with Crippen molar-refractivity contribution in [2.75, 3.05) is 19.6 Å². The van der Waals surface area contributed by atoms with E-state index >= 15 is 0 Å². The lowest BCUT2D eigenvalue weighted by Gasteiger charge is -2.42. The van der Waals surface area contributed by atoms with Crippen LogP contribution in [0.5, 0.6) is 0 Å². The van der Waals surface area contributed by atoms with Gasteiger partial charge >= 0.3 is 0 Å². The van der Waals surface area contributed by atoms with E-state index in [-0.39, 0.29) is 10.8 Å². The number of fused-ring (bicyclic) bond motifs is 1.